The Kier molecular flexibility index (Phi) is 7.74. The van der Waals surface area contributed by atoms with Crippen LogP contribution in [-0.2, 0) is 9.59 Å². The van der Waals surface area contributed by atoms with Crippen molar-refractivity contribution in [3.63, 3.8) is 0 Å². The minimum absolute atomic E-state index is 0.0857. The molecule has 0 aromatic heterocycles. The van der Waals surface area contributed by atoms with Gasteiger partial charge in [-0.15, -0.1) is 0 Å². The molecule has 1 atom stereocenters. The van der Waals surface area contributed by atoms with Crippen LogP contribution in [0.4, 0.5) is 5.69 Å². The Balaban J connectivity index is 1.78. The molecule has 4 rings (SSSR count). The number of rotatable bonds is 7. The van der Waals surface area contributed by atoms with E-state index in [2.05, 4.69) is 6.58 Å². The van der Waals surface area contributed by atoms with E-state index in [0.717, 1.165) is 43.2 Å². The van der Waals surface area contributed by atoms with Crippen molar-refractivity contribution in [2.75, 3.05) is 12.0 Å². The van der Waals surface area contributed by atoms with Crippen LogP contribution in [0.1, 0.15) is 43.2 Å². The summed E-state index contributed by atoms with van der Waals surface area (Å²) in [7, 11) is 1.57. The van der Waals surface area contributed by atoms with Gasteiger partial charge in [-0.25, -0.2) is 0 Å². The SMILES string of the molecule is C=C/C(=C\C=C/N)c1ccc(N2C(=O)C(=O)C(=C(O)c3ccc(OC)cc3)C2C2CCCCC2)cc1. The number of anilines is 1. The van der Waals surface area contributed by atoms with Gasteiger partial charge in [-0.2, -0.15) is 0 Å². The Morgan fingerprint density at radius 3 is 2.25 bits per heavy atom. The molecule has 186 valence electrons. The third-order valence-electron chi connectivity index (χ3n) is 7.03. The third-order valence-corrected chi connectivity index (χ3v) is 7.03. The molecule has 1 unspecified atom stereocenters. The predicted octanol–water partition coefficient (Wildman–Crippen LogP) is 5.57. The molecule has 2 aromatic rings. The Morgan fingerprint density at radius 1 is 1.03 bits per heavy atom. The lowest BCUT2D eigenvalue weighted by molar-refractivity contribution is -0.132. The number of nitrogens with zero attached hydrogens (tertiary/aromatic N) is 1. The lowest BCUT2D eigenvalue weighted by Crippen LogP contribution is -2.40. The number of nitrogens with two attached hydrogens (primary N) is 1. The highest BCUT2D eigenvalue weighted by molar-refractivity contribution is 6.51. The van der Waals surface area contributed by atoms with Gasteiger partial charge < -0.3 is 15.6 Å². The second-order valence-electron chi connectivity index (χ2n) is 9.10. The highest BCUT2D eigenvalue weighted by atomic mass is 16.5. The molecule has 3 N–H and O–H groups in total. The van der Waals surface area contributed by atoms with Gasteiger partial charge in [0, 0.05) is 11.3 Å². The number of aliphatic hydroxyl groups is 1. The van der Waals surface area contributed by atoms with Crippen LogP contribution in [0.3, 0.4) is 0 Å². The summed E-state index contributed by atoms with van der Waals surface area (Å²) in [4.78, 5) is 28.3. The first-order valence-corrected chi connectivity index (χ1v) is 12.3. The van der Waals surface area contributed by atoms with Crippen LogP contribution < -0.4 is 15.4 Å². The van der Waals surface area contributed by atoms with Gasteiger partial charge in [-0.3, -0.25) is 14.5 Å². The summed E-state index contributed by atoms with van der Waals surface area (Å²) in [5.41, 5.74) is 8.55. The highest BCUT2D eigenvalue weighted by Gasteiger charge is 2.49. The van der Waals surface area contributed by atoms with E-state index in [1.807, 2.05) is 30.3 Å². The van der Waals surface area contributed by atoms with Crippen molar-refractivity contribution in [1.82, 2.24) is 0 Å². The maximum absolute atomic E-state index is 13.4. The van der Waals surface area contributed by atoms with Crippen molar-refractivity contribution < 1.29 is 19.4 Å². The molecule has 0 bridgehead atoms. The summed E-state index contributed by atoms with van der Waals surface area (Å²) in [6.07, 6.45) is 11.8. The number of carbonyl (C=O) groups is 2. The molecule has 6 heteroatoms. The van der Waals surface area contributed by atoms with Gasteiger partial charge in [-0.05, 0) is 78.6 Å². The highest BCUT2D eigenvalue weighted by Crippen LogP contribution is 2.41. The topological polar surface area (TPSA) is 92.9 Å². The summed E-state index contributed by atoms with van der Waals surface area (Å²) in [5.74, 6) is -0.675. The lowest BCUT2D eigenvalue weighted by atomic mass is 9.80. The summed E-state index contributed by atoms with van der Waals surface area (Å²) < 4.78 is 5.21. The van der Waals surface area contributed by atoms with Gasteiger partial charge >= 0.3 is 0 Å². The standard InChI is InChI=1S/C30H32N2O4/c1-3-20(10-7-19-31)21-11-15-24(16-12-21)32-27(22-8-5-4-6-9-22)26(29(34)30(32)35)28(33)23-13-17-25(36-2)18-14-23/h3,7,10-19,22,27,33H,1,4-6,8-9,31H2,2H3/b19-7-,20-10+,28-26?. The molecule has 2 aromatic carbocycles. The molecule has 1 saturated heterocycles. The molecule has 2 aliphatic rings. The average molecular weight is 485 g/mol. The number of ketones is 1. The van der Waals surface area contributed by atoms with E-state index in [-0.39, 0.29) is 17.3 Å². The van der Waals surface area contributed by atoms with Gasteiger partial charge in [0.2, 0.25) is 0 Å². The van der Waals surface area contributed by atoms with Crippen LogP contribution in [0, 0.1) is 5.92 Å². The zero-order chi connectivity index (χ0) is 25.7. The van der Waals surface area contributed by atoms with Crippen LogP contribution in [0.15, 0.2) is 85.1 Å². The zero-order valence-corrected chi connectivity index (χ0v) is 20.5. The van der Waals surface area contributed by atoms with Crippen LogP contribution in [0.2, 0.25) is 0 Å². The number of hydrogen-bond acceptors (Lipinski definition) is 5. The number of amides is 1. The van der Waals surface area contributed by atoms with E-state index >= 15 is 0 Å². The van der Waals surface area contributed by atoms with Crippen LogP contribution in [0.5, 0.6) is 5.75 Å². The van der Waals surface area contributed by atoms with E-state index < -0.39 is 17.7 Å². The number of aliphatic hydroxyl groups excluding tert-OH is 1. The minimum atomic E-state index is -0.650. The molecule has 36 heavy (non-hydrogen) atoms. The first-order valence-electron chi connectivity index (χ1n) is 12.3. The monoisotopic (exact) mass is 484 g/mol. The summed E-state index contributed by atoms with van der Waals surface area (Å²) in [5, 5.41) is 11.3. The van der Waals surface area contributed by atoms with Crippen molar-refractivity contribution in [1.29, 1.82) is 0 Å². The molecule has 6 nitrogen and oxygen atoms in total. The summed E-state index contributed by atoms with van der Waals surface area (Å²) >= 11 is 0. The quantitative estimate of drug-likeness (QED) is 0.232. The lowest BCUT2D eigenvalue weighted by Gasteiger charge is -2.34. The largest absolute Gasteiger partial charge is 0.507 e. The summed E-state index contributed by atoms with van der Waals surface area (Å²) in [6, 6.07) is 13.8. The number of allylic oxidation sites excluding steroid dienone is 4. The molecular weight excluding hydrogens is 452 g/mol. The molecule has 1 amide bonds. The number of methoxy groups -OCH3 is 1. The fraction of sp³-hybridized carbons (Fsp3) is 0.267. The number of hydrogen-bond donors (Lipinski definition) is 2. The second-order valence-corrected chi connectivity index (χ2v) is 9.10. The van der Waals surface area contributed by atoms with Crippen molar-refractivity contribution >= 4 is 28.7 Å². The second kappa shape index (κ2) is 11.1. The van der Waals surface area contributed by atoms with E-state index in [1.54, 1.807) is 48.4 Å². The molecule has 1 aliphatic carbocycles. The van der Waals surface area contributed by atoms with Gasteiger partial charge in [0.15, 0.2) is 0 Å². The first-order chi connectivity index (χ1) is 17.5. The van der Waals surface area contributed by atoms with Gasteiger partial charge in [-0.1, -0.05) is 50.1 Å². The minimum Gasteiger partial charge on any atom is -0.507 e. The fourth-order valence-electron chi connectivity index (χ4n) is 5.20. The van der Waals surface area contributed by atoms with Crippen molar-refractivity contribution in [2.24, 2.45) is 11.7 Å². The first kappa shape index (κ1) is 25.0. The van der Waals surface area contributed by atoms with Crippen molar-refractivity contribution in [3.05, 3.63) is 96.2 Å². The van der Waals surface area contributed by atoms with Crippen molar-refractivity contribution in [3.8, 4) is 5.75 Å². The average Bonchev–Trinajstić information content (AvgIpc) is 3.19. The maximum atomic E-state index is 13.4. The smallest absolute Gasteiger partial charge is 0.299 e. The molecule has 1 aliphatic heterocycles. The molecule has 0 radical (unpaired) electrons. The number of ether oxygens (including phenoxy) is 1. The van der Waals surface area contributed by atoms with Crippen LogP contribution >= 0.6 is 0 Å². The number of carbonyl (C=O) groups excluding carboxylic acids is 2. The van der Waals surface area contributed by atoms with Crippen LogP contribution in [-0.4, -0.2) is 29.9 Å². The Bertz CT molecular complexity index is 1220. The van der Waals surface area contributed by atoms with E-state index in [4.69, 9.17) is 10.5 Å². The fourth-order valence-corrected chi connectivity index (χ4v) is 5.20. The Morgan fingerprint density at radius 2 is 1.67 bits per heavy atom. The predicted molar refractivity (Wildman–Crippen MR) is 143 cm³/mol. The van der Waals surface area contributed by atoms with E-state index in [1.165, 1.54) is 6.20 Å². The Labute approximate surface area is 212 Å². The summed E-state index contributed by atoms with van der Waals surface area (Å²) in [6.45, 7) is 3.86. The zero-order valence-electron chi connectivity index (χ0n) is 20.5. The molecular formula is C30H32N2O4. The normalized spacial score (nSPS) is 20.8. The Hall–Kier alpha value is -4.06. The molecule has 1 saturated carbocycles. The van der Waals surface area contributed by atoms with E-state index in [9.17, 15) is 14.7 Å². The third kappa shape index (κ3) is 4.85. The molecule has 1 heterocycles. The van der Waals surface area contributed by atoms with Crippen LogP contribution in [0.25, 0.3) is 11.3 Å². The molecule has 0 spiro atoms. The van der Waals surface area contributed by atoms with Gasteiger partial charge in [0.1, 0.15) is 11.5 Å². The maximum Gasteiger partial charge on any atom is 0.299 e. The van der Waals surface area contributed by atoms with Gasteiger partial charge in [0.05, 0.1) is 18.7 Å². The molecule has 2 fully saturated rings. The van der Waals surface area contributed by atoms with Gasteiger partial charge in [0.25, 0.3) is 11.7 Å². The number of benzene rings is 2. The van der Waals surface area contributed by atoms with Crippen molar-refractivity contribution in [2.45, 2.75) is 38.1 Å². The number of Topliss-reactive ketones (excluding diaryl/α,β-unsaturated/α-hetero) is 1. The van der Waals surface area contributed by atoms with E-state index in [0.29, 0.717) is 17.0 Å².